The average molecular weight is 446 g/mol. The maximum absolute atomic E-state index is 13.2. The highest BCUT2D eigenvalue weighted by Gasteiger charge is 2.43. The van der Waals surface area contributed by atoms with Crippen LogP contribution in [0.1, 0.15) is 38.4 Å². The predicted octanol–water partition coefficient (Wildman–Crippen LogP) is 5.01. The number of hydrogen-bond acceptors (Lipinski definition) is 6. The number of hydrogen-bond donors (Lipinski definition) is 0. The molecular formula is C23H24F2N2O5. The molecule has 0 saturated carbocycles. The first-order chi connectivity index (χ1) is 15.1. The summed E-state index contributed by atoms with van der Waals surface area (Å²) in [5.74, 6) is 0.365. The molecule has 2 aliphatic rings. The molecule has 0 spiro atoms. The SMILES string of the molecule is CC(C)(C)OC(=O)N1CC=C(c2cccc(OCc3ccc4c(c3)OC(F)(F)O4)n2)CC1. The fourth-order valence-electron chi connectivity index (χ4n) is 3.31. The van der Waals surface area contributed by atoms with Gasteiger partial charge in [-0.15, -0.1) is 8.78 Å². The molecule has 0 atom stereocenters. The Balaban J connectivity index is 1.37. The van der Waals surface area contributed by atoms with Gasteiger partial charge in [-0.3, -0.25) is 0 Å². The number of aromatic nitrogens is 1. The Hall–Kier alpha value is -3.36. The lowest BCUT2D eigenvalue weighted by molar-refractivity contribution is -0.286. The van der Waals surface area contributed by atoms with E-state index in [4.69, 9.17) is 9.47 Å². The summed E-state index contributed by atoms with van der Waals surface area (Å²) in [6, 6.07) is 9.93. The Morgan fingerprint density at radius 2 is 1.97 bits per heavy atom. The molecule has 0 saturated heterocycles. The van der Waals surface area contributed by atoms with E-state index in [0.717, 1.165) is 11.3 Å². The minimum atomic E-state index is -3.65. The van der Waals surface area contributed by atoms with E-state index in [1.165, 1.54) is 12.1 Å². The first-order valence-corrected chi connectivity index (χ1v) is 10.2. The molecule has 0 radical (unpaired) electrons. The molecule has 9 heteroatoms. The third-order valence-electron chi connectivity index (χ3n) is 4.77. The van der Waals surface area contributed by atoms with Gasteiger partial charge >= 0.3 is 12.4 Å². The van der Waals surface area contributed by atoms with Crippen molar-refractivity contribution in [2.24, 2.45) is 0 Å². The molecule has 0 unspecified atom stereocenters. The first-order valence-electron chi connectivity index (χ1n) is 10.2. The van der Waals surface area contributed by atoms with Crippen molar-refractivity contribution in [2.45, 2.75) is 45.7 Å². The largest absolute Gasteiger partial charge is 0.586 e. The quantitative estimate of drug-likeness (QED) is 0.658. The smallest absolute Gasteiger partial charge is 0.473 e. The van der Waals surface area contributed by atoms with Crippen molar-refractivity contribution in [1.82, 2.24) is 9.88 Å². The first kappa shape index (κ1) is 21.9. The summed E-state index contributed by atoms with van der Waals surface area (Å²) in [6.45, 7) is 6.62. The molecule has 7 nitrogen and oxygen atoms in total. The van der Waals surface area contributed by atoms with Crippen LogP contribution in [0.2, 0.25) is 0 Å². The zero-order valence-corrected chi connectivity index (χ0v) is 18.1. The van der Waals surface area contributed by atoms with Crippen molar-refractivity contribution in [2.75, 3.05) is 13.1 Å². The number of carbonyl (C=O) groups excluding carboxylic acids is 1. The number of fused-ring (bicyclic) bond motifs is 1. The van der Waals surface area contributed by atoms with Crippen molar-refractivity contribution >= 4 is 11.7 Å². The fourth-order valence-corrected chi connectivity index (χ4v) is 3.31. The van der Waals surface area contributed by atoms with E-state index in [1.807, 2.05) is 39.0 Å². The maximum Gasteiger partial charge on any atom is 0.586 e. The summed E-state index contributed by atoms with van der Waals surface area (Å²) >= 11 is 0. The number of ether oxygens (including phenoxy) is 4. The summed E-state index contributed by atoms with van der Waals surface area (Å²) in [7, 11) is 0. The average Bonchev–Trinajstić information content (AvgIpc) is 3.04. The number of halogens is 2. The van der Waals surface area contributed by atoms with Crippen LogP contribution < -0.4 is 14.2 Å². The second-order valence-electron chi connectivity index (χ2n) is 8.50. The van der Waals surface area contributed by atoms with Crippen molar-refractivity contribution in [3.63, 3.8) is 0 Å². The van der Waals surface area contributed by atoms with Crippen LogP contribution in [0.5, 0.6) is 17.4 Å². The Morgan fingerprint density at radius 3 is 2.69 bits per heavy atom. The molecule has 32 heavy (non-hydrogen) atoms. The molecule has 1 aromatic heterocycles. The van der Waals surface area contributed by atoms with E-state index in [2.05, 4.69) is 14.5 Å². The Labute approximate surface area is 184 Å². The zero-order chi connectivity index (χ0) is 22.9. The highest BCUT2D eigenvalue weighted by Crippen LogP contribution is 2.41. The lowest BCUT2D eigenvalue weighted by Crippen LogP contribution is -2.39. The molecule has 1 amide bonds. The minimum Gasteiger partial charge on any atom is -0.473 e. The second-order valence-corrected chi connectivity index (χ2v) is 8.50. The molecule has 0 N–H and O–H groups in total. The monoisotopic (exact) mass is 446 g/mol. The summed E-state index contributed by atoms with van der Waals surface area (Å²) in [4.78, 5) is 18.4. The van der Waals surface area contributed by atoms with Gasteiger partial charge in [0.15, 0.2) is 11.5 Å². The number of pyridine rings is 1. The van der Waals surface area contributed by atoms with Crippen molar-refractivity contribution in [3.8, 4) is 17.4 Å². The number of nitrogens with zero attached hydrogens (tertiary/aromatic N) is 2. The summed E-state index contributed by atoms with van der Waals surface area (Å²) < 4.78 is 46.3. The molecule has 0 aliphatic carbocycles. The van der Waals surface area contributed by atoms with Crippen molar-refractivity contribution in [3.05, 3.63) is 53.7 Å². The normalized spacial score (nSPS) is 17.0. The summed E-state index contributed by atoms with van der Waals surface area (Å²) in [5, 5.41) is 0. The van der Waals surface area contributed by atoms with Crippen LogP contribution in [-0.4, -0.2) is 41.0 Å². The van der Waals surface area contributed by atoms with E-state index >= 15 is 0 Å². The van der Waals surface area contributed by atoms with Gasteiger partial charge in [-0.25, -0.2) is 9.78 Å². The molecule has 0 bridgehead atoms. The van der Waals surface area contributed by atoms with Gasteiger partial charge in [-0.05, 0) is 56.5 Å². The number of benzene rings is 1. The van der Waals surface area contributed by atoms with E-state index in [-0.39, 0.29) is 24.2 Å². The van der Waals surface area contributed by atoms with Gasteiger partial charge in [0.1, 0.15) is 12.2 Å². The zero-order valence-electron chi connectivity index (χ0n) is 18.1. The van der Waals surface area contributed by atoms with Crippen LogP contribution in [0.3, 0.4) is 0 Å². The summed E-state index contributed by atoms with van der Waals surface area (Å²) in [6.07, 6.45) is -1.38. The van der Waals surface area contributed by atoms with Crippen LogP contribution >= 0.6 is 0 Å². The van der Waals surface area contributed by atoms with Gasteiger partial charge < -0.3 is 23.8 Å². The molecule has 1 aromatic carbocycles. The Bertz CT molecular complexity index is 1050. The third-order valence-corrected chi connectivity index (χ3v) is 4.77. The van der Waals surface area contributed by atoms with Gasteiger partial charge in [-0.1, -0.05) is 18.2 Å². The number of rotatable bonds is 4. The molecular weight excluding hydrogens is 422 g/mol. The lowest BCUT2D eigenvalue weighted by Gasteiger charge is -2.29. The Morgan fingerprint density at radius 1 is 1.19 bits per heavy atom. The van der Waals surface area contributed by atoms with E-state index in [9.17, 15) is 13.6 Å². The van der Waals surface area contributed by atoms with Crippen LogP contribution in [0, 0.1) is 0 Å². The number of amides is 1. The maximum atomic E-state index is 13.2. The topological polar surface area (TPSA) is 70.1 Å². The number of carbonyl (C=O) groups is 1. The van der Waals surface area contributed by atoms with Gasteiger partial charge in [0.05, 0.1) is 5.69 Å². The molecule has 2 aliphatic heterocycles. The molecule has 3 heterocycles. The number of alkyl halides is 2. The van der Waals surface area contributed by atoms with E-state index in [1.54, 1.807) is 17.0 Å². The highest BCUT2D eigenvalue weighted by molar-refractivity contribution is 5.72. The molecule has 4 rings (SSSR count). The van der Waals surface area contributed by atoms with Crippen LogP contribution in [0.25, 0.3) is 5.57 Å². The van der Waals surface area contributed by atoms with Gasteiger partial charge in [0.25, 0.3) is 0 Å². The molecule has 0 fully saturated rings. The second kappa shape index (κ2) is 8.29. The predicted molar refractivity (Wildman–Crippen MR) is 112 cm³/mol. The summed E-state index contributed by atoms with van der Waals surface area (Å²) in [5.41, 5.74) is 1.88. The van der Waals surface area contributed by atoms with Gasteiger partial charge in [0, 0.05) is 19.2 Å². The lowest BCUT2D eigenvalue weighted by atomic mass is 10.0. The van der Waals surface area contributed by atoms with Crippen molar-refractivity contribution in [1.29, 1.82) is 0 Å². The standard InChI is InChI=1S/C23H24F2N2O5/c1-22(2,3)32-21(28)27-11-9-16(10-12-27)17-5-4-6-20(26-17)29-14-15-7-8-18-19(13-15)31-23(24,25)30-18/h4-9,13H,10-12,14H2,1-3H3. The third kappa shape index (κ3) is 5.27. The van der Waals surface area contributed by atoms with Gasteiger partial charge in [0.2, 0.25) is 5.88 Å². The van der Waals surface area contributed by atoms with Crippen LogP contribution in [0.15, 0.2) is 42.5 Å². The van der Waals surface area contributed by atoms with Crippen LogP contribution in [-0.2, 0) is 11.3 Å². The van der Waals surface area contributed by atoms with E-state index in [0.29, 0.717) is 31.0 Å². The Kier molecular flexibility index (Phi) is 5.66. The fraction of sp³-hybridized carbons (Fsp3) is 0.391. The van der Waals surface area contributed by atoms with Crippen LogP contribution in [0.4, 0.5) is 13.6 Å². The molecule has 2 aromatic rings. The highest BCUT2D eigenvalue weighted by atomic mass is 19.3. The minimum absolute atomic E-state index is 0.0106. The molecule has 170 valence electrons. The van der Waals surface area contributed by atoms with E-state index < -0.39 is 11.9 Å². The van der Waals surface area contributed by atoms with Crippen molar-refractivity contribution < 1.29 is 32.5 Å². The van der Waals surface area contributed by atoms with Gasteiger partial charge in [-0.2, -0.15) is 0 Å².